The fraction of sp³-hybridized carbons (Fsp3) is 0.400. The number of carbonyl (C=O) groups is 2. The maximum atomic E-state index is 13.0. The van der Waals surface area contributed by atoms with Gasteiger partial charge in [-0.05, 0) is 31.5 Å². The highest BCUT2D eigenvalue weighted by molar-refractivity contribution is 6.08. The number of ether oxygens (including phenoxy) is 2. The van der Waals surface area contributed by atoms with Crippen LogP contribution in [-0.2, 0) is 14.3 Å². The quantitative estimate of drug-likeness (QED) is 0.557. The minimum atomic E-state index is -1.01. The van der Waals surface area contributed by atoms with Crippen molar-refractivity contribution < 1.29 is 19.1 Å². The van der Waals surface area contributed by atoms with Crippen molar-refractivity contribution in [1.29, 1.82) is 0 Å². The average molecular weight is 451 g/mol. The van der Waals surface area contributed by atoms with Gasteiger partial charge in [0.1, 0.15) is 11.8 Å². The van der Waals surface area contributed by atoms with Crippen molar-refractivity contribution in [2.45, 2.75) is 19.9 Å². The van der Waals surface area contributed by atoms with E-state index in [0.29, 0.717) is 19.0 Å². The molecule has 8 nitrogen and oxygen atoms in total. The van der Waals surface area contributed by atoms with Gasteiger partial charge in [-0.1, -0.05) is 35.9 Å². The number of aliphatic imine (C=N–C) groups is 1. The third kappa shape index (κ3) is 4.94. The molecule has 174 valence electrons. The number of aryl methyl sites for hydroxylation is 1. The molecule has 0 aliphatic carbocycles. The molecular weight excluding hydrogens is 420 g/mol. The highest BCUT2D eigenvalue weighted by Gasteiger charge is 2.42. The van der Waals surface area contributed by atoms with Crippen molar-refractivity contribution in [3.63, 3.8) is 0 Å². The molecule has 1 N–H and O–H groups in total. The molecule has 1 fully saturated rings. The van der Waals surface area contributed by atoms with Crippen LogP contribution in [0, 0.1) is 12.8 Å². The van der Waals surface area contributed by atoms with Crippen molar-refractivity contribution in [2.75, 3.05) is 44.8 Å². The largest absolute Gasteiger partial charge is 0.497 e. The topological polar surface area (TPSA) is 83.5 Å². The fourth-order valence-electron chi connectivity index (χ4n) is 4.21. The Morgan fingerprint density at radius 2 is 1.79 bits per heavy atom. The Morgan fingerprint density at radius 1 is 1.09 bits per heavy atom. The van der Waals surface area contributed by atoms with Crippen LogP contribution in [0.25, 0.3) is 0 Å². The molecular formula is C25H30N4O4. The Bertz CT molecular complexity index is 1030. The lowest BCUT2D eigenvalue weighted by atomic mass is 9.91. The van der Waals surface area contributed by atoms with Gasteiger partial charge < -0.3 is 19.3 Å². The van der Waals surface area contributed by atoms with E-state index in [9.17, 15) is 9.59 Å². The Kier molecular flexibility index (Phi) is 6.82. The van der Waals surface area contributed by atoms with Gasteiger partial charge in [-0.3, -0.25) is 14.9 Å². The SMILES string of the molecule is CCOC(=O)C1C(=O)NC(N2CCN(c3cccc(OC)c3)CC2)=NC1c1ccc(C)cc1. The van der Waals surface area contributed by atoms with Crippen molar-refractivity contribution in [2.24, 2.45) is 10.9 Å². The van der Waals surface area contributed by atoms with E-state index < -0.39 is 17.9 Å². The van der Waals surface area contributed by atoms with Crippen molar-refractivity contribution in [3.05, 3.63) is 59.7 Å². The summed E-state index contributed by atoms with van der Waals surface area (Å²) < 4.78 is 10.5. The number of hydrogen-bond acceptors (Lipinski definition) is 7. The van der Waals surface area contributed by atoms with Crippen LogP contribution in [0.4, 0.5) is 5.69 Å². The summed E-state index contributed by atoms with van der Waals surface area (Å²) in [5.74, 6) is -0.596. The van der Waals surface area contributed by atoms with Gasteiger partial charge in [0.25, 0.3) is 0 Å². The molecule has 1 saturated heterocycles. The number of hydrogen-bond donors (Lipinski definition) is 1. The zero-order valence-electron chi connectivity index (χ0n) is 19.3. The van der Waals surface area contributed by atoms with Gasteiger partial charge >= 0.3 is 5.97 Å². The van der Waals surface area contributed by atoms with E-state index in [2.05, 4.69) is 21.2 Å². The summed E-state index contributed by atoms with van der Waals surface area (Å²) in [5, 5.41) is 2.86. The monoisotopic (exact) mass is 450 g/mol. The Balaban J connectivity index is 1.54. The first kappa shape index (κ1) is 22.6. The molecule has 0 bridgehead atoms. The maximum absolute atomic E-state index is 13.0. The maximum Gasteiger partial charge on any atom is 0.321 e. The van der Waals surface area contributed by atoms with Gasteiger partial charge in [0.15, 0.2) is 5.92 Å². The number of esters is 1. The van der Waals surface area contributed by atoms with Crippen LogP contribution < -0.4 is 15.0 Å². The second-order valence-electron chi connectivity index (χ2n) is 8.20. The summed E-state index contributed by atoms with van der Waals surface area (Å²) in [6.45, 7) is 6.89. The van der Waals surface area contributed by atoms with Gasteiger partial charge in [-0.15, -0.1) is 0 Å². The Hall–Kier alpha value is -3.55. The molecule has 8 heteroatoms. The van der Waals surface area contributed by atoms with E-state index in [4.69, 9.17) is 14.5 Å². The molecule has 2 aliphatic heterocycles. The molecule has 0 aromatic heterocycles. The van der Waals surface area contributed by atoms with Gasteiger partial charge in [0.2, 0.25) is 11.9 Å². The minimum Gasteiger partial charge on any atom is -0.497 e. The first-order valence-corrected chi connectivity index (χ1v) is 11.3. The highest BCUT2D eigenvalue weighted by Crippen LogP contribution is 2.31. The van der Waals surface area contributed by atoms with E-state index in [0.717, 1.165) is 35.7 Å². The lowest BCUT2D eigenvalue weighted by molar-refractivity contribution is -0.153. The first-order chi connectivity index (χ1) is 16.0. The second kappa shape index (κ2) is 9.94. The number of piperazine rings is 1. The summed E-state index contributed by atoms with van der Waals surface area (Å²) >= 11 is 0. The third-order valence-corrected chi connectivity index (χ3v) is 6.05. The van der Waals surface area contributed by atoms with Crippen LogP contribution in [0.3, 0.4) is 0 Å². The number of benzene rings is 2. The van der Waals surface area contributed by atoms with Crippen LogP contribution in [0.15, 0.2) is 53.5 Å². The molecule has 0 saturated carbocycles. The summed E-state index contributed by atoms with van der Waals surface area (Å²) in [6.07, 6.45) is 0. The van der Waals surface area contributed by atoms with Crippen molar-refractivity contribution >= 4 is 23.5 Å². The van der Waals surface area contributed by atoms with Gasteiger partial charge in [0.05, 0.1) is 13.7 Å². The zero-order valence-corrected chi connectivity index (χ0v) is 19.3. The number of rotatable bonds is 5. The van der Waals surface area contributed by atoms with Crippen LogP contribution >= 0.6 is 0 Å². The lowest BCUT2D eigenvalue weighted by Crippen LogP contribution is -2.57. The van der Waals surface area contributed by atoms with Gasteiger partial charge in [-0.2, -0.15) is 0 Å². The van der Waals surface area contributed by atoms with Gasteiger partial charge in [0, 0.05) is 37.9 Å². The number of nitrogens with one attached hydrogen (secondary N) is 1. The molecule has 0 radical (unpaired) electrons. The zero-order chi connectivity index (χ0) is 23.4. The third-order valence-electron chi connectivity index (χ3n) is 6.05. The van der Waals surface area contributed by atoms with E-state index in [1.807, 2.05) is 49.4 Å². The molecule has 0 spiro atoms. The first-order valence-electron chi connectivity index (χ1n) is 11.3. The number of nitrogens with zero attached hydrogens (tertiary/aromatic N) is 3. The Labute approximate surface area is 194 Å². The fourth-order valence-corrected chi connectivity index (χ4v) is 4.21. The number of methoxy groups -OCH3 is 1. The summed E-state index contributed by atoms with van der Waals surface area (Å²) in [6, 6.07) is 15.1. The standard InChI is InChI=1S/C25H30N4O4/c1-4-33-24(31)21-22(18-10-8-17(2)9-11-18)26-25(27-23(21)30)29-14-12-28(13-15-29)19-6-5-7-20(16-19)32-3/h5-11,16,21-22H,4,12-15H2,1-3H3,(H,26,27,30). The van der Waals surface area contributed by atoms with E-state index in [1.54, 1.807) is 14.0 Å². The second-order valence-corrected chi connectivity index (χ2v) is 8.20. The predicted molar refractivity (Wildman–Crippen MR) is 126 cm³/mol. The normalized spacial score (nSPS) is 20.7. The number of guanidine groups is 1. The highest BCUT2D eigenvalue weighted by atomic mass is 16.5. The van der Waals surface area contributed by atoms with Crippen LogP contribution in [0.1, 0.15) is 24.1 Å². The summed E-state index contributed by atoms with van der Waals surface area (Å²) in [5.41, 5.74) is 3.02. The smallest absolute Gasteiger partial charge is 0.321 e. The molecule has 4 rings (SSSR count). The molecule has 2 unspecified atom stereocenters. The molecule has 1 amide bonds. The molecule has 2 aliphatic rings. The van der Waals surface area contributed by atoms with Gasteiger partial charge in [-0.25, -0.2) is 4.99 Å². The average Bonchev–Trinajstić information content (AvgIpc) is 2.84. The van der Waals surface area contributed by atoms with E-state index >= 15 is 0 Å². The number of amides is 1. The van der Waals surface area contributed by atoms with E-state index in [-0.39, 0.29) is 12.5 Å². The summed E-state index contributed by atoms with van der Waals surface area (Å²) in [4.78, 5) is 34.8. The van der Waals surface area contributed by atoms with Crippen LogP contribution in [-0.4, -0.2) is 62.6 Å². The minimum absolute atomic E-state index is 0.214. The predicted octanol–water partition coefficient (Wildman–Crippen LogP) is 2.53. The van der Waals surface area contributed by atoms with Crippen molar-refractivity contribution in [1.82, 2.24) is 10.2 Å². The summed E-state index contributed by atoms with van der Waals surface area (Å²) in [7, 11) is 1.66. The van der Waals surface area contributed by atoms with Crippen molar-refractivity contribution in [3.8, 4) is 5.75 Å². The van der Waals surface area contributed by atoms with E-state index in [1.165, 1.54) is 0 Å². The number of carbonyl (C=O) groups excluding carboxylic acids is 2. The number of anilines is 1. The molecule has 2 heterocycles. The van der Waals surface area contributed by atoms with Crippen LogP contribution in [0.2, 0.25) is 0 Å². The lowest BCUT2D eigenvalue weighted by Gasteiger charge is -2.39. The Morgan fingerprint density at radius 3 is 2.45 bits per heavy atom. The van der Waals surface area contributed by atoms with Crippen LogP contribution in [0.5, 0.6) is 5.75 Å². The molecule has 2 atom stereocenters. The molecule has 2 aromatic rings. The molecule has 2 aromatic carbocycles. The molecule has 33 heavy (non-hydrogen) atoms.